The zero-order chi connectivity index (χ0) is 13.0. The van der Waals surface area contributed by atoms with Gasteiger partial charge >= 0.3 is 5.69 Å². The summed E-state index contributed by atoms with van der Waals surface area (Å²) < 4.78 is 0. The van der Waals surface area contributed by atoms with Gasteiger partial charge in [0.1, 0.15) is 12.0 Å². The van der Waals surface area contributed by atoms with Crippen molar-refractivity contribution in [1.82, 2.24) is 19.9 Å². The van der Waals surface area contributed by atoms with E-state index < -0.39 is 4.92 Å². The number of nitrogens with zero attached hydrogens (tertiary/aromatic N) is 5. The molecule has 2 aromatic heterocycles. The van der Waals surface area contributed by atoms with E-state index >= 15 is 0 Å². The molecular weight excluding hydrogens is 236 g/mol. The fraction of sp³-hybridized carbons (Fsp3) is 0.200. The third-order valence-electron chi connectivity index (χ3n) is 2.15. The Morgan fingerprint density at radius 2 is 2.17 bits per heavy atom. The maximum atomic E-state index is 11.1. The highest BCUT2D eigenvalue weighted by Gasteiger charge is 2.24. The third kappa shape index (κ3) is 2.21. The summed E-state index contributed by atoms with van der Waals surface area (Å²) in [5.41, 5.74) is 0.296. The highest BCUT2D eigenvalue weighted by molar-refractivity contribution is 5.74. The molecule has 0 radical (unpaired) electrons. The molecule has 0 saturated heterocycles. The van der Waals surface area contributed by atoms with Crippen molar-refractivity contribution in [3.63, 3.8) is 0 Å². The molecule has 8 heteroatoms. The van der Waals surface area contributed by atoms with Crippen LogP contribution in [-0.2, 0) is 0 Å². The van der Waals surface area contributed by atoms with Crippen molar-refractivity contribution in [2.75, 3.05) is 11.9 Å². The molecule has 0 aliphatic rings. The summed E-state index contributed by atoms with van der Waals surface area (Å²) in [6.45, 7) is 2.35. The first-order valence-corrected chi connectivity index (χ1v) is 5.23. The minimum absolute atomic E-state index is 0.152. The van der Waals surface area contributed by atoms with Crippen molar-refractivity contribution >= 4 is 11.5 Å². The van der Waals surface area contributed by atoms with E-state index in [1.165, 1.54) is 24.9 Å². The highest BCUT2D eigenvalue weighted by Crippen LogP contribution is 2.30. The first kappa shape index (κ1) is 11.8. The Balaban J connectivity index is 2.60. The Bertz CT molecular complexity index is 560. The van der Waals surface area contributed by atoms with Crippen molar-refractivity contribution in [3.05, 3.63) is 35.0 Å². The van der Waals surface area contributed by atoms with Crippen molar-refractivity contribution in [3.8, 4) is 11.4 Å². The van der Waals surface area contributed by atoms with Crippen LogP contribution in [0.4, 0.5) is 11.5 Å². The van der Waals surface area contributed by atoms with Gasteiger partial charge in [-0.3, -0.25) is 20.1 Å². The molecule has 0 aromatic carbocycles. The molecule has 0 bridgehead atoms. The van der Waals surface area contributed by atoms with Crippen LogP contribution in [0.25, 0.3) is 11.4 Å². The molecular formula is C10H10N6O2. The second-order valence-electron chi connectivity index (χ2n) is 3.30. The molecule has 0 spiro atoms. The lowest BCUT2D eigenvalue weighted by atomic mass is 10.2. The molecule has 2 heterocycles. The summed E-state index contributed by atoms with van der Waals surface area (Å²) in [4.78, 5) is 26.3. The Labute approximate surface area is 102 Å². The van der Waals surface area contributed by atoms with E-state index in [-0.39, 0.29) is 17.2 Å². The van der Waals surface area contributed by atoms with Crippen molar-refractivity contribution in [1.29, 1.82) is 0 Å². The van der Waals surface area contributed by atoms with Gasteiger partial charge in [0.05, 0.1) is 11.1 Å². The molecule has 0 saturated carbocycles. The molecule has 0 unspecified atom stereocenters. The van der Waals surface area contributed by atoms with E-state index in [4.69, 9.17) is 0 Å². The second-order valence-corrected chi connectivity index (χ2v) is 3.30. The van der Waals surface area contributed by atoms with E-state index in [0.29, 0.717) is 12.2 Å². The summed E-state index contributed by atoms with van der Waals surface area (Å²) in [7, 11) is 0. The lowest BCUT2D eigenvalue weighted by molar-refractivity contribution is -0.383. The lowest BCUT2D eigenvalue weighted by Gasteiger charge is -2.05. The third-order valence-corrected chi connectivity index (χ3v) is 2.15. The van der Waals surface area contributed by atoms with E-state index in [2.05, 4.69) is 25.3 Å². The summed E-state index contributed by atoms with van der Waals surface area (Å²) in [6, 6.07) is 0. The zero-order valence-corrected chi connectivity index (χ0v) is 9.57. The van der Waals surface area contributed by atoms with Gasteiger partial charge in [-0.2, -0.15) is 0 Å². The van der Waals surface area contributed by atoms with Crippen LogP contribution in [-0.4, -0.2) is 31.4 Å². The fourth-order valence-electron chi connectivity index (χ4n) is 1.46. The molecule has 2 rings (SSSR count). The van der Waals surface area contributed by atoms with Gasteiger partial charge in [-0.25, -0.2) is 9.97 Å². The number of nitrogens with one attached hydrogen (secondary N) is 1. The fourth-order valence-corrected chi connectivity index (χ4v) is 1.46. The number of hydrogen-bond donors (Lipinski definition) is 1. The van der Waals surface area contributed by atoms with Gasteiger partial charge < -0.3 is 5.32 Å². The van der Waals surface area contributed by atoms with Gasteiger partial charge in [0.25, 0.3) is 0 Å². The second kappa shape index (κ2) is 5.13. The molecule has 0 aliphatic carbocycles. The summed E-state index contributed by atoms with van der Waals surface area (Å²) in [6.07, 6.45) is 5.62. The average molecular weight is 246 g/mol. The summed E-state index contributed by atoms with van der Waals surface area (Å²) >= 11 is 0. The lowest BCUT2D eigenvalue weighted by Crippen LogP contribution is -2.06. The Hall–Kier alpha value is -2.64. The predicted octanol–water partition coefficient (Wildman–Crippen LogP) is 1.27. The van der Waals surface area contributed by atoms with Crippen molar-refractivity contribution in [2.24, 2.45) is 0 Å². The van der Waals surface area contributed by atoms with Gasteiger partial charge in [-0.05, 0) is 6.92 Å². The molecule has 8 nitrogen and oxygen atoms in total. The van der Waals surface area contributed by atoms with Crippen molar-refractivity contribution in [2.45, 2.75) is 6.92 Å². The monoisotopic (exact) mass is 246 g/mol. The molecule has 92 valence electrons. The number of aromatic nitrogens is 4. The molecule has 0 fully saturated rings. The number of anilines is 1. The first-order valence-electron chi connectivity index (χ1n) is 5.23. The van der Waals surface area contributed by atoms with Crippen LogP contribution in [0, 0.1) is 10.1 Å². The van der Waals surface area contributed by atoms with Gasteiger partial charge in [-0.15, -0.1) is 0 Å². The van der Waals surface area contributed by atoms with E-state index in [0.717, 1.165) is 0 Å². The van der Waals surface area contributed by atoms with E-state index in [1.807, 2.05) is 6.92 Å². The van der Waals surface area contributed by atoms with Crippen LogP contribution < -0.4 is 5.32 Å². The zero-order valence-electron chi connectivity index (χ0n) is 9.57. The quantitative estimate of drug-likeness (QED) is 0.639. The molecule has 0 aliphatic heterocycles. The topological polar surface area (TPSA) is 107 Å². The minimum Gasteiger partial charge on any atom is -0.364 e. The van der Waals surface area contributed by atoms with Crippen LogP contribution in [0.5, 0.6) is 0 Å². The van der Waals surface area contributed by atoms with Gasteiger partial charge in [0.2, 0.25) is 5.82 Å². The van der Waals surface area contributed by atoms with Crippen LogP contribution >= 0.6 is 0 Å². The summed E-state index contributed by atoms with van der Waals surface area (Å²) in [5, 5.41) is 14.0. The van der Waals surface area contributed by atoms with Gasteiger partial charge in [-0.1, -0.05) is 0 Å². The number of hydrogen-bond acceptors (Lipinski definition) is 7. The van der Waals surface area contributed by atoms with Crippen LogP contribution in [0.15, 0.2) is 24.9 Å². The highest BCUT2D eigenvalue weighted by atomic mass is 16.6. The molecule has 0 amide bonds. The van der Waals surface area contributed by atoms with E-state index in [9.17, 15) is 10.1 Å². The standard InChI is InChI=1S/C10H10N6O2/c1-2-12-10-9(16(17)18)8(14-6-15-10)7-5-11-3-4-13-7/h3-6H,2H2,1H3,(H,12,14,15). The van der Waals surface area contributed by atoms with Crippen LogP contribution in [0.1, 0.15) is 6.92 Å². The van der Waals surface area contributed by atoms with Crippen molar-refractivity contribution < 1.29 is 4.92 Å². The first-order chi connectivity index (χ1) is 8.74. The van der Waals surface area contributed by atoms with Crippen LogP contribution in [0.3, 0.4) is 0 Å². The number of rotatable bonds is 4. The summed E-state index contributed by atoms with van der Waals surface area (Å²) in [5.74, 6) is 0.179. The molecule has 0 atom stereocenters. The molecule has 18 heavy (non-hydrogen) atoms. The Morgan fingerprint density at radius 1 is 1.33 bits per heavy atom. The average Bonchev–Trinajstić information content (AvgIpc) is 2.39. The maximum Gasteiger partial charge on any atom is 0.339 e. The Kier molecular flexibility index (Phi) is 3.37. The SMILES string of the molecule is CCNc1ncnc(-c2cnccn2)c1[N+](=O)[O-]. The van der Waals surface area contributed by atoms with Gasteiger partial charge in [0, 0.05) is 18.9 Å². The minimum atomic E-state index is -0.526. The maximum absolute atomic E-state index is 11.1. The van der Waals surface area contributed by atoms with E-state index in [1.54, 1.807) is 0 Å². The number of nitro groups is 1. The largest absolute Gasteiger partial charge is 0.364 e. The predicted molar refractivity (Wildman–Crippen MR) is 63.9 cm³/mol. The normalized spacial score (nSPS) is 10.1. The molecule has 1 N–H and O–H groups in total. The van der Waals surface area contributed by atoms with Gasteiger partial charge in [0.15, 0.2) is 5.69 Å². The smallest absolute Gasteiger partial charge is 0.339 e. The Morgan fingerprint density at radius 3 is 2.78 bits per heavy atom. The van der Waals surface area contributed by atoms with Crippen LogP contribution in [0.2, 0.25) is 0 Å². The molecule has 2 aromatic rings.